The molecule has 0 saturated carbocycles. The van der Waals surface area contributed by atoms with E-state index in [1.54, 1.807) is 7.05 Å². The van der Waals surface area contributed by atoms with Crippen molar-refractivity contribution in [1.29, 1.82) is 0 Å². The Hall–Kier alpha value is -1.69. The summed E-state index contributed by atoms with van der Waals surface area (Å²) in [5, 5.41) is 0.0312. The zero-order valence-corrected chi connectivity index (χ0v) is 13.2. The summed E-state index contributed by atoms with van der Waals surface area (Å²) < 4.78 is 13.9. The number of aromatic nitrogens is 2. The van der Waals surface area contributed by atoms with Crippen LogP contribution in [0.1, 0.15) is 20.3 Å². The zero-order chi connectivity index (χ0) is 15.6. The highest BCUT2D eigenvalue weighted by Gasteiger charge is 2.25. The maximum absolute atomic E-state index is 13.9. The number of halogens is 2. The average molecular weight is 312 g/mol. The smallest absolute Gasteiger partial charge is 0.224 e. The molecule has 2 rings (SSSR count). The minimum atomic E-state index is -0.487. The van der Waals surface area contributed by atoms with E-state index in [1.165, 1.54) is 0 Å². The summed E-state index contributed by atoms with van der Waals surface area (Å²) in [6.07, 6.45) is 1.73. The van der Waals surface area contributed by atoms with Crippen LogP contribution in [0.4, 0.5) is 10.2 Å². The molecule has 2 heterocycles. The van der Waals surface area contributed by atoms with E-state index in [9.17, 15) is 4.39 Å². The van der Waals surface area contributed by atoms with E-state index < -0.39 is 5.82 Å². The summed E-state index contributed by atoms with van der Waals surface area (Å²) in [6, 6.07) is 0. The molecule has 0 spiro atoms. The number of nitrogens with two attached hydrogens (primary N) is 1. The fraction of sp³-hybridized carbons (Fsp3) is 0.500. The second kappa shape index (κ2) is 6.39. The Bertz CT molecular complexity index is 597. The van der Waals surface area contributed by atoms with Gasteiger partial charge in [-0.3, -0.25) is 4.99 Å². The summed E-state index contributed by atoms with van der Waals surface area (Å²) in [6.45, 7) is 5.18. The lowest BCUT2D eigenvalue weighted by Gasteiger charge is -2.32. The number of hydrogen-bond acceptors (Lipinski definition) is 5. The van der Waals surface area contributed by atoms with Crippen molar-refractivity contribution in [1.82, 2.24) is 9.97 Å². The van der Waals surface area contributed by atoms with E-state index in [0.717, 1.165) is 23.2 Å². The predicted molar refractivity (Wildman–Crippen MR) is 83.2 cm³/mol. The third-order valence-electron chi connectivity index (χ3n) is 3.48. The van der Waals surface area contributed by atoms with Crippen molar-refractivity contribution in [3.63, 3.8) is 0 Å². The number of aliphatic imine (C=N–C) groups is 1. The molecular weight excluding hydrogens is 293 g/mol. The Kier molecular flexibility index (Phi) is 4.77. The third kappa shape index (κ3) is 3.32. The molecule has 0 amide bonds. The molecule has 7 heteroatoms. The molecular formula is C14H19ClFN5. The van der Waals surface area contributed by atoms with Crippen LogP contribution in [-0.4, -0.2) is 35.8 Å². The van der Waals surface area contributed by atoms with Crippen molar-refractivity contribution in [3.8, 4) is 0 Å². The van der Waals surface area contributed by atoms with Crippen LogP contribution in [0, 0.1) is 11.7 Å². The summed E-state index contributed by atoms with van der Waals surface area (Å²) in [5.41, 5.74) is 8.82. The van der Waals surface area contributed by atoms with Crippen LogP contribution in [0.2, 0.25) is 5.28 Å². The molecule has 0 aromatic carbocycles. The van der Waals surface area contributed by atoms with Crippen LogP contribution >= 0.6 is 11.6 Å². The number of nitrogens with zero attached hydrogens (tertiary/aromatic N) is 4. The van der Waals surface area contributed by atoms with Crippen LogP contribution in [0.15, 0.2) is 22.5 Å². The first-order chi connectivity index (χ1) is 9.93. The van der Waals surface area contributed by atoms with Gasteiger partial charge in [0, 0.05) is 43.5 Å². The Morgan fingerprint density at radius 3 is 2.86 bits per heavy atom. The topological polar surface area (TPSA) is 67.4 Å². The van der Waals surface area contributed by atoms with Gasteiger partial charge in [-0.05, 0) is 17.5 Å². The lowest BCUT2D eigenvalue weighted by Crippen LogP contribution is -2.38. The fourth-order valence-corrected chi connectivity index (χ4v) is 2.63. The van der Waals surface area contributed by atoms with Crippen LogP contribution < -0.4 is 10.6 Å². The van der Waals surface area contributed by atoms with Crippen molar-refractivity contribution in [2.24, 2.45) is 16.6 Å². The molecule has 1 aromatic heterocycles. The second-order valence-electron chi connectivity index (χ2n) is 5.25. The summed E-state index contributed by atoms with van der Waals surface area (Å²) >= 11 is 5.77. The average Bonchev–Trinajstić information content (AvgIpc) is 2.44. The molecule has 1 aromatic rings. The van der Waals surface area contributed by atoms with Crippen LogP contribution in [0.3, 0.4) is 0 Å². The van der Waals surface area contributed by atoms with Gasteiger partial charge in [-0.2, -0.15) is 4.98 Å². The lowest BCUT2D eigenvalue weighted by atomic mass is 9.94. The third-order valence-corrected chi connectivity index (χ3v) is 3.66. The maximum Gasteiger partial charge on any atom is 0.224 e. The number of hydrogen-bond donors (Lipinski definition) is 1. The summed E-state index contributed by atoms with van der Waals surface area (Å²) in [5.74, 6) is -0.0275. The van der Waals surface area contributed by atoms with Crippen molar-refractivity contribution in [2.75, 3.05) is 25.0 Å². The lowest BCUT2D eigenvalue weighted by molar-refractivity contribution is 0.599. The Morgan fingerprint density at radius 2 is 2.24 bits per heavy atom. The molecule has 114 valence electrons. The van der Waals surface area contributed by atoms with Crippen molar-refractivity contribution in [2.45, 2.75) is 20.3 Å². The highest BCUT2D eigenvalue weighted by molar-refractivity contribution is 6.28. The Morgan fingerprint density at radius 1 is 1.52 bits per heavy atom. The minimum Gasteiger partial charge on any atom is -0.402 e. The van der Waals surface area contributed by atoms with E-state index in [1.807, 2.05) is 4.90 Å². The van der Waals surface area contributed by atoms with Crippen LogP contribution in [0.25, 0.3) is 0 Å². The van der Waals surface area contributed by atoms with Crippen molar-refractivity contribution < 1.29 is 4.39 Å². The maximum atomic E-state index is 13.9. The van der Waals surface area contributed by atoms with Gasteiger partial charge in [-0.15, -0.1) is 0 Å². The van der Waals surface area contributed by atoms with Gasteiger partial charge in [-0.1, -0.05) is 13.8 Å². The van der Waals surface area contributed by atoms with Gasteiger partial charge in [0.15, 0.2) is 11.6 Å². The van der Waals surface area contributed by atoms with E-state index in [-0.39, 0.29) is 17.0 Å². The molecule has 0 fully saturated rings. The van der Waals surface area contributed by atoms with Crippen molar-refractivity contribution in [3.05, 3.63) is 28.6 Å². The van der Waals surface area contributed by atoms with Gasteiger partial charge in [0.1, 0.15) is 0 Å². The monoisotopic (exact) mass is 311 g/mol. The molecule has 0 saturated heterocycles. The SMILES string of the molecule is CN=C(C1=C(N)CCN(c2nc(Cl)ncc2F)C1)C(C)C. The highest BCUT2D eigenvalue weighted by atomic mass is 35.5. The van der Waals surface area contributed by atoms with Gasteiger partial charge in [0.2, 0.25) is 5.28 Å². The highest BCUT2D eigenvalue weighted by Crippen LogP contribution is 2.25. The summed E-state index contributed by atoms with van der Waals surface area (Å²) in [4.78, 5) is 13.8. The molecule has 1 aliphatic heterocycles. The first kappa shape index (κ1) is 15.7. The first-order valence-electron chi connectivity index (χ1n) is 6.81. The second-order valence-corrected chi connectivity index (χ2v) is 5.59. The predicted octanol–water partition coefficient (Wildman–Crippen LogP) is 2.42. The molecule has 0 aliphatic carbocycles. The minimum absolute atomic E-state index is 0.0312. The molecule has 1 aliphatic rings. The van der Waals surface area contributed by atoms with E-state index in [4.69, 9.17) is 17.3 Å². The van der Waals surface area contributed by atoms with Crippen LogP contribution in [0.5, 0.6) is 0 Å². The van der Waals surface area contributed by atoms with E-state index in [2.05, 4.69) is 28.8 Å². The van der Waals surface area contributed by atoms with Gasteiger partial charge < -0.3 is 10.6 Å². The Labute approximate surface area is 128 Å². The first-order valence-corrected chi connectivity index (χ1v) is 7.19. The largest absolute Gasteiger partial charge is 0.402 e. The van der Waals surface area contributed by atoms with E-state index >= 15 is 0 Å². The molecule has 0 bridgehead atoms. The molecule has 21 heavy (non-hydrogen) atoms. The molecule has 5 nitrogen and oxygen atoms in total. The number of anilines is 1. The summed E-state index contributed by atoms with van der Waals surface area (Å²) in [7, 11) is 1.75. The van der Waals surface area contributed by atoms with Crippen molar-refractivity contribution >= 4 is 23.1 Å². The van der Waals surface area contributed by atoms with E-state index in [0.29, 0.717) is 19.5 Å². The molecule has 0 radical (unpaired) electrons. The zero-order valence-electron chi connectivity index (χ0n) is 12.4. The molecule has 2 N–H and O–H groups in total. The van der Waals surface area contributed by atoms with Gasteiger partial charge in [0.25, 0.3) is 0 Å². The number of rotatable bonds is 3. The normalized spacial score (nSPS) is 16.9. The van der Waals surface area contributed by atoms with Gasteiger partial charge >= 0.3 is 0 Å². The van der Waals surface area contributed by atoms with Gasteiger partial charge in [-0.25, -0.2) is 9.37 Å². The standard InChI is InChI=1S/C14H19ClFN5/c1-8(2)12(18-3)9-7-21(5-4-11(9)17)13-10(16)6-19-14(15)20-13/h6,8H,4-5,7,17H2,1-3H3. The Balaban J connectivity index is 2.34. The van der Waals surface area contributed by atoms with Crippen LogP contribution in [-0.2, 0) is 0 Å². The quantitative estimate of drug-likeness (QED) is 0.687. The fourth-order valence-electron chi connectivity index (χ4n) is 2.50. The molecule has 0 atom stereocenters. The van der Waals surface area contributed by atoms with Gasteiger partial charge in [0.05, 0.1) is 6.20 Å². The molecule has 0 unspecified atom stereocenters.